The number of para-hydroxylation sites is 1. The summed E-state index contributed by atoms with van der Waals surface area (Å²) in [6.07, 6.45) is -4.45. The highest BCUT2D eigenvalue weighted by Crippen LogP contribution is 2.35. The van der Waals surface area contributed by atoms with Gasteiger partial charge in [0.05, 0.1) is 12.6 Å². The van der Waals surface area contributed by atoms with Crippen LogP contribution in [0.4, 0.5) is 23.7 Å². The van der Waals surface area contributed by atoms with Gasteiger partial charge in [0.1, 0.15) is 6.04 Å². The number of hydroxylamine groups is 2. The molecule has 2 aliphatic heterocycles. The molecule has 2 unspecified atom stereocenters. The number of hydrogen-bond donors (Lipinski definition) is 0. The molecule has 0 radical (unpaired) electrons. The van der Waals surface area contributed by atoms with Crippen molar-refractivity contribution in [3.05, 3.63) is 30.3 Å². The summed E-state index contributed by atoms with van der Waals surface area (Å²) >= 11 is 0. The summed E-state index contributed by atoms with van der Waals surface area (Å²) < 4.78 is 42.7. The summed E-state index contributed by atoms with van der Waals surface area (Å²) in [6, 6.07) is 6.61. The fourth-order valence-corrected chi connectivity index (χ4v) is 2.74. The van der Waals surface area contributed by atoms with Gasteiger partial charge in [-0.3, -0.25) is 4.90 Å². The fourth-order valence-electron chi connectivity index (χ4n) is 2.74. The molecule has 0 aliphatic carbocycles. The van der Waals surface area contributed by atoms with Crippen molar-refractivity contribution in [1.82, 2.24) is 5.06 Å². The van der Waals surface area contributed by atoms with E-state index in [-0.39, 0.29) is 6.61 Å². The normalized spacial score (nSPS) is 26.1. The van der Waals surface area contributed by atoms with Crippen LogP contribution in [0.1, 0.15) is 6.42 Å². The molecule has 2 saturated heterocycles. The number of carbonyl (C=O) groups excluding carboxylic acids is 1. The highest BCUT2D eigenvalue weighted by molar-refractivity contribution is 5.95. The number of alkyl halides is 3. The van der Waals surface area contributed by atoms with E-state index in [1.165, 1.54) is 4.90 Å². The van der Waals surface area contributed by atoms with Gasteiger partial charge in [-0.25, -0.2) is 4.79 Å². The summed E-state index contributed by atoms with van der Waals surface area (Å²) in [4.78, 5) is 17.6. The number of carbonyl (C=O) groups is 1. The molecule has 8 heteroatoms. The average molecular weight is 302 g/mol. The third-order valence-corrected chi connectivity index (χ3v) is 3.55. The Balaban J connectivity index is 1.92. The van der Waals surface area contributed by atoms with E-state index in [1.807, 2.05) is 0 Å². The van der Waals surface area contributed by atoms with Gasteiger partial charge in [-0.05, 0) is 18.6 Å². The zero-order chi connectivity index (χ0) is 15.0. The standard InChI is InChI=1S/C13H13F3N2O3/c14-13(15,16)21-18-11-8-20-7-6-10(11)17(12(18)19)9-4-2-1-3-5-9/h1-5,10-11H,6-8H2. The van der Waals surface area contributed by atoms with Gasteiger partial charge in [-0.1, -0.05) is 18.2 Å². The van der Waals surface area contributed by atoms with Gasteiger partial charge < -0.3 is 4.74 Å². The molecule has 2 heterocycles. The first-order chi connectivity index (χ1) is 9.97. The zero-order valence-electron chi connectivity index (χ0n) is 10.9. The van der Waals surface area contributed by atoms with E-state index >= 15 is 0 Å². The first-order valence-electron chi connectivity index (χ1n) is 6.48. The van der Waals surface area contributed by atoms with Crippen LogP contribution < -0.4 is 4.90 Å². The molecular weight excluding hydrogens is 289 g/mol. The van der Waals surface area contributed by atoms with Crippen LogP contribution in [-0.4, -0.2) is 42.8 Å². The summed E-state index contributed by atoms with van der Waals surface area (Å²) in [5, 5.41) is 0.386. The maximum absolute atomic E-state index is 12.5. The Morgan fingerprint density at radius 2 is 1.90 bits per heavy atom. The largest absolute Gasteiger partial charge is 0.544 e. The molecule has 0 bridgehead atoms. The molecule has 2 atom stereocenters. The second-order valence-electron chi connectivity index (χ2n) is 4.85. The Bertz CT molecular complexity index is 523. The molecule has 21 heavy (non-hydrogen) atoms. The van der Waals surface area contributed by atoms with Crippen molar-refractivity contribution in [3.8, 4) is 0 Å². The van der Waals surface area contributed by atoms with Crippen LogP contribution in [0.5, 0.6) is 0 Å². The van der Waals surface area contributed by atoms with E-state index in [0.717, 1.165) is 0 Å². The summed E-state index contributed by atoms with van der Waals surface area (Å²) in [7, 11) is 0. The maximum Gasteiger partial charge on any atom is 0.544 e. The van der Waals surface area contributed by atoms with Crippen LogP contribution in [0, 0.1) is 0 Å². The minimum Gasteiger partial charge on any atom is -0.379 e. The molecule has 0 N–H and O–H groups in total. The van der Waals surface area contributed by atoms with Gasteiger partial charge in [0.25, 0.3) is 0 Å². The predicted octanol–water partition coefficient (Wildman–Crippen LogP) is 2.54. The number of urea groups is 1. The third kappa shape index (κ3) is 2.68. The topological polar surface area (TPSA) is 42.0 Å². The van der Waals surface area contributed by atoms with Crippen LogP contribution in [0.2, 0.25) is 0 Å². The molecule has 0 spiro atoms. The Kier molecular flexibility index (Phi) is 3.50. The Hall–Kier alpha value is -1.80. The van der Waals surface area contributed by atoms with Gasteiger partial charge in [0.15, 0.2) is 0 Å². The van der Waals surface area contributed by atoms with Crippen molar-refractivity contribution in [3.63, 3.8) is 0 Å². The molecule has 114 valence electrons. The number of ether oxygens (including phenoxy) is 1. The molecule has 0 aromatic heterocycles. The number of halogens is 3. The van der Waals surface area contributed by atoms with Crippen LogP contribution in [0.15, 0.2) is 30.3 Å². The second-order valence-corrected chi connectivity index (χ2v) is 4.85. The Labute approximate surface area is 118 Å². The zero-order valence-corrected chi connectivity index (χ0v) is 10.9. The molecule has 2 aliphatic rings. The molecular formula is C13H13F3N2O3. The summed E-state index contributed by atoms with van der Waals surface area (Å²) in [6.45, 7) is 0.424. The molecule has 5 nitrogen and oxygen atoms in total. The summed E-state index contributed by atoms with van der Waals surface area (Å²) in [5.74, 6) is 0. The number of anilines is 1. The first-order valence-corrected chi connectivity index (χ1v) is 6.48. The molecule has 1 aromatic rings. The highest BCUT2D eigenvalue weighted by atomic mass is 19.4. The van der Waals surface area contributed by atoms with Crippen molar-refractivity contribution < 1.29 is 27.5 Å². The minimum atomic E-state index is -4.91. The lowest BCUT2D eigenvalue weighted by atomic mass is 10.0. The van der Waals surface area contributed by atoms with E-state index < -0.39 is 24.5 Å². The number of nitrogens with zero attached hydrogens (tertiary/aromatic N) is 2. The number of benzene rings is 1. The van der Waals surface area contributed by atoms with E-state index in [0.29, 0.717) is 23.8 Å². The average Bonchev–Trinajstić information content (AvgIpc) is 2.71. The molecule has 0 saturated carbocycles. The lowest BCUT2D eigenvalue weighted by Crippen LogP contribution is -2.46. The monoisotopic (exact) mass is 302 g/mol. The fraction of sp³-hybridized carbons (Fsp3) is 0.462. The lowest BCUT2D eigenvalue weighted by molar-refractivity contribution is -0.404. The molecule has 1 aromatic carbocycles. The SMILES string of the molecule is O=C1N(OC(F)(F)F)C2COCCC2N1c1ccccc1. The molecule has 3 rings (SSSR count). The predicted molar refractivity (Wildman–Crippen MR) is 66.3 cm³/mol. The van der Waals surface area contributed by atoms with Crippen LogP contribution >= 0.6 is 0 Å². The van der Waals surface area contributed by atoms with E-state index in [1.54, 1.807) is 30.3 Å². The smallest absolute Gasteiger partial charge is 0.379 e. The van der Waals surface area contributed by atoms with E-state index in [2.05, 4.69) is 4.84 Å². The van der Waals surface area contributed by atoms with Crippen LogP contribution in [0.25, 0.3) is 0 Å². The molecule has 2 fully saturated rings. The van der Waals surface area contributed by atoms with Crippen LogP contribution in [-0.2, 0) is 9.57 Å². The van der Waals surface area contributed by atoms with E-state index in [4.69, 9.17) is 4.74 Å². The maximum atomic E-state index is 12.5. The van der Waals surface area contributed by atoms with Crippen LogP contribution in [0.3, 0.4) is 0 Å². The van der Waals surface area contributed by atoms with Crippen molar-refractivity contribution in [2.75, 3.05) is 18.1 Å². The van der Waals surface area contributed by atoms with Gasteiger partial charge >= 0.3 is 12.4 Å². The Morgan fingerprint density at radius 1 is 1.19 bits per heavy atom. The van der Waals surface area contributed by atoms with Gasteiger partial charge in [-0.15, -0.1) is 13.2 Å². The highest BCUT2D eigenvalue weighted by Gasteiger charge is 2.52. The van der Waals surface area contributed by atoms with Gasteiger partial charge in [-0.2, -0.15) is 9.90 Å². The third-order valence-electron chi connectivity index (χ3n) is 3.55. The second kappa shape index (κ2) is 5.19. The van der Waals surface area contributed by atoms with Crippen molar-refractivity contribution >= 4 is 11.7 Å². The van der Waals surface area contributed by atoms with Gasteiger partial charge in [0, 0.05) is 12.3 Å². The Morgan fingerprint density at radius 3 is 2.57 bits per heavy atom. The van der Waals surface area contributed by atoms with Crippen molar-refractivity contribution in [2.45, 2.75) is 24.9 Å². The number of rotatable bonds is 2. The number of amides is 2. The number of hydrogen-bond acceptors (Lipinski definition) is 3. The van der Waals surface area contributed by atoms with E-state index in [9.17, 15) is 18.0 Å². The van der Waals surface area contributed by atoms with Crippen molar-refractivity contribution in [2.24, 2.45) is 0 Å². The molecule has 2 amide bonds. The minimum absolute atomic E-state index is 0.0236. The van der Waals surface area contributed by atoms with Crippen molar-refractivity contribution in [1.29, 1.82) is 0 Å². The lowest BCUT2D eigenvalue weighted by Gasteiger charge is -2.31. The number of fused-ring (bicyclic) bond motifs is 1. The van der Waals surface area contributed by atoms with Gasteiger partial charge in [0.2, 0.25) is 0 Å². The quantitative estimate of drug-likeness (QED) is 0.843. The summed E-state index contributed by atoms with van der Waals surface area (Å²) in [5.41, 5.74) is 0.549. The first kappa shape index (κ1) is 14.2.